The number of nitrogens with one attached hydrogen (secondary N) is 3. The van der Waals surface area contributed by atoms with E-state index in [9.17, 15) is 22.4 Å². The van der Waals surface area contributed by atoms with E-state index in [-0.39, 0.29) is 34.1 Å². The van der Waals surface area contributed by atoms with E-state index in [4.69, 9.17) is 4.74 Å². The number of ether oxygens (including phenoxy) is 1. The summed E-state index contributed by atoms with van der Waals surface area (Å²) in [7, 11) is -2.65. The Balaban J connectivity index is 2.24. The number of carbonyl (C=O) groups excluding carboxylic acids is 2. The smallest absolute Gasteiger partial charge is 0.262 e. The number of halogens is 1. The molecule has 0 aliphatic heterocycles. The minimum Gasteiger partial charge on any atom is -0.495 e. The molecule has 2 amide bonds. The maximum atomic E-state index is 13.2. The highest BCUT2D eigenvalue weighted by Gasteiger charge is 2.25. The van der Waals surface area contributed by atoms with Crippen LogP contribution in [0.4, 0.5) is 15.8 Å². The maximum absolute atomic E-state index is 13.2. The average molecular weight is 480 g/mol. The Bertz CT molecular complexity index is 1090. The maximum Gasteiger partial charge on any atom is 0.262 e. The lowest BCUT2D eigenvalue weighted by Crippen LogP contribution is -2.47. The molecular formula is C23H30FN3O5S. The summed E-state index contributed by atoms with van der Waals surface area (Å²) in [5.41, 5.74) is 0.394. The highest BCUT2D eigenvalue weighted by atomic mass is 32.2. The van der Waals surface area contributed by atoms with E-state index in [0.717, 1.165) is 24.3 Å². The van der Waals surface area contributed by atoms with E-state index in [1.165, 1.54) is 19.2 Å². The number of anilines is 2. The Hall–Kier alpha value is -3.14. The third kappa shape index (κ3) is 7.45. The molecule has 0 fully saturated rings. The first-order valence-corrected chi connectivity index (χ1v) is 12.0. The van der Waals surface area contributed by atoms with Gasteiger partial charge >= 0.3 is 0 Å². The van der Waals surface area contributed by atoms with Crippen LogP contribution < -0.4 is 20.1 Å². The molecule has 0 bridgehead atoms. The minimum atomic E-state index is -4.03. The van der Waals surface area contributed by atoms with E-state index in [1.54, 1.807) is 6.07 Å². The number of hydrogen-bond acceptors (Lipinski definition) is 5. The Morgan fingerprint density at radius 3 is 2.21 bits per heavy atom. The molecule has 180 valence electrons. The summed E-state index contributed by atoms with van der Waals surface area (Å²) < 4.78 is 46.2. The molecule has 0 saturated carbocycles. The molecule has 0 radical (unpaired) electrons. The van der Waals surface area contributed by atoms with Crippen molar-refractivity contribution in [3.8, 4) is 5.75 Å². The Labute approximate surface area is 194 Å². The summed E-state index contributed by atoms with van der Waals surface area (Å²) in [6, 6.07) is 8.07. The Kier molecular flexibility index (Phi) is 8.81. The van der Waals surface area contributed by atoms with Gasteiger partial charge in [-0.15, -0.1) is 0 Å². The normalized spacial score (nSPS) is 12.4. The second-order valence-corrected chi connectivity index (χ2v) is 10.0. The zero-order valence-corrected chi connectivity index (χ0v) is 20.1. The first-order valence-electron chi connectivity index (χ1n) is 10.5. The van der Waals surface area contributed by atoms with Gasteiger partial charge < -0.3 is 15.4 Å². The lowest BCUT2D eigenvalue weighted by Gasteiger charge is -2.22. The molecule has 2 aromatic rings. The molecule has 0 aliphatic carbocycles. The van der Waals surface area contributed by atoms with Gasteiger partial charge in [-0.1, -0.05) is 27.7 Å². The zero-order valence-electron chi connectivity index (χ0n) is 19.3. The van der Waals surface area contributed by atoms with E-state index in [0.29, 0.717) is 12.1 Å². The second kappa shape index (κ2) is 11.1. The fourth-order valence-electron chi connectivity index (χ4n) is 3.04. The lowest BCUT2D eigenvalue weighted by molar-refractivity contribution is -0.127. The number of amides is 2. The van der Waals surface area contributed by atoms with Gasteiger partial charge in [0.05, 0.1) is 17.7 Å². The van der Waals surface area contributed by atoms with Crippen LogP contribution in [0.1, 0.15) is 34.1 Å². The summed E-state index contributed by atoms with van der Waals surface area (Å²) in [5.74, 6) is -1.00. The monoisotopic (exact) mass is 479 g/mol. The second-order valence-electron chi connectivity index (χ2n) is 8.35. The number of sulfonamides is 1. The highest BCUT2D eigenvalue weighted by Crippen LogP contribution is 2.30. The van der Waals surface area contributed by atoms with Gasteiger partial charge in [-0.3, -0.25) is 14.3 Å². The predicted octanol–water partition coefficient (Wildman–Crippen LogP) is 3.76. The molecule has 0 aromatic heterocycles. The first kappa shape index (κ1) is 26.1. The lowest BCUT2D eigenvalue weighted by atomic mass is 10.0. The quantitative estimate of drug-likeness (QED) is 0.480. The van der Waals surface area contributed by atoms with Crippen molar-refractivity contribution in [1.82, 2.24) is 5.32 Å². The van der Waals surface area contributed by atoms with E-state index < -0.39 is 27.8 Å². The average Bonchev–Trinajstić information content (AvgIpc) is 2.71. The van der Waals surface area contributed by atoms with Gasteiger partial charge in [-0.25, -0.2) is 12.8 Å². The summed E-state index contributed by atoms with van der Waals surface area (Å²) in [4.78, 5) is 24.9. The molecule has 2 rings (SSSR count). The van der Waals surface area contributed by atoms with Crippen molar-refractivity contribution in [3.63, 3.8) is 0 Å². The molecule has 1 unspecified atom stereocenters. The van der Waals surface area contributed by atoms with Crippen molar-refractivity contribution >= 4 is 33.2 Å². The topological polar surface area (TPSA) is 114 Å². The van der Waals surface area contributed by atoms with Gasteiger partial charge in [0.25, 0.3) is 10.0 Å². The summed E-state index contributed by atoms with van der Waals surface area (Å²) in [5, 5.41) is 5.46. The van der Waals surface area contributed by atoms with Gasteiger partial charge in [-0.05, 0) is 54.3 Å². The zero-order chi connectivity index (χ0) is 24.8. The van der Waals surface area contributed by atoms with Crippen LogP contribution in [0.5, 0.6) is 5.75 Å². The summed E-state index contributed by atoms with van der Waals surface area (Å²) in [6.45, 7) is 7.46. The summed E-state index contributed by atoms with van der Waals surface area (Å²) in [6.07, 6.45) is 0.300. The molecule has 3 N–H and O–H groups in total. The largest absolute Gasteiger partial charge is 0.495 e. The molecule has 0 heterocycles. The van der Waals surface area contributed by atoms with Crippen molar-refractivity contribution in [1.29, 1.82) is 0 Å². The van der Waals surface area contributed by atoms with E-state index >= 15 is 0 Å². The third-order valence-electron chi connectivity index (χ3n) is 4.69. The number of benzene rings is 2. The Morgan fingerprint density at radius 1 is 1.03 bits per heavy atom. The molecular weight excluding hydrogens is 449 g/mol. The summed E-state index contributed by atoms with van der Waals surface area (Å²) >= 11 is 0. The van der Waals surface area contributed by atoms with Crippen LogP contribution in [0, 0.1) is 17.7 Å². The number of rotatable bonds is 10. The minimum absolute atomic E-state index is 0.0876. The van der Waals surface area contributed by atoms with Gasteiger partial charge in [0.2, 0.25) is 11.8 Å². The van der Waals surface area contributed by atoms with Crippen molar-refractivity contribution in [2.75, 3.05) is 17.1 Å². The molecule has 0 aliphatic rings. The van der Waals surface area contributed by atoms with Crippen LogP contribution in [-0.2, 0) is 19.6 Å². The van der Waals surface area contributed by atoms with Gasteiger partial charge in [0, 0.05) is 12.1 Å². The van der Waals surface area contributed by atoms with Crippen LogP contribution in [0.2, 0.25) is 0 Å². The number of methoxy groups -OCH3 is 1. The molecule has 0 saturated heterocycles. The highest BCUT2D eigenvalue weighted by molar-refractivity contribution is 7.92. The molecule has 8 nitrogen and oxygen atoms in total. The number of hydrogen-bond donors (Lipinski definition) is 3. The van der Waals surface area contributed by atoms with Gasteiger partial charge in [0.15, 0.2) is 0 Å². The molecule has 2 aromatic carbocycles. The third-order valence-corrected chi connectivity index (χ3v) is 6.08. The van der Waals surface area contributed by atoms with Crippen LogP contribution in [-0.4, -0.2) is 33.4 Å². The van der Waals surface area contributed by atoms with E-state index in [1.807, 2.05) is 27.7 Å². The van der Waals surface area contributed by atoms with E-state index in [2.05, 4.69) is 15.4 Å². The van der Waals surface area contributed by atoms with Crippen LogP contribution in [0.15, 0.2) is 47.4 Å². The fourth-order valence-corrected chi connectivity index (χ4v) is 4.10. The van der Waals surface area contributed by atoms with Crippen LogP contribution in [0.3, 0.4) is 0 Å². The van der Waals surface area contributed by atoms with Crippen molar-refractivity contribution in [3.05, 3.63) is 48.3 Å². The fraction of sp³-hybridized carbons (Fsp3) is 0.391. The Morgan fingerprint density at radius 2 is 1.67 bits per heavy atom. The van der Waals surface area contributed by atoms with Gasteiger partial charge in [-0.2, -0.15) is 0 Å². The molecule has 33 heavy (non-hydrogen) atoms. The van der Waals surface area contributed by atoms with Crippen molar-refractivity contribution in [2.45, 2.75) is 45.1 Å². The SMILES string of the molecule is COc1ccc(NC(=O)C(NC(=O)CC(C)C)C(C)C)cc1NS(=O)(=O)c1ccc(F)cc1. The first-order chi connectivity index (χ1) is 15.4. The van der Waals surface area contributed by atoms with Crippen LogP contribution in [0.25, 0.3) is 0 Å². The van der Waals surface area contributed by atoms with Crippen molar-refractivity contribution < 1.29 is 27.1 Å². The molecule has 10 heteroatoms. The number of carbonyl (C=O) groups is 2. The van der Waals surface area contributed by atoms with Gasteiger partial charge in [0.1, 0.15) is 17.6 Å². The standard InChI is InChI=1S/C23H30FN3O5S/c1-14(2)12-21(28)26-22(15(3)4)23(29)25-17-8-11-20(32-5)19(13-17)27-33(30,31)18-9-6-16(24)7-10-18/h6-11,13-15,22,27H,12H2,1-5H3,(H,25,29)(H,26,28). The predicted molar refractivity (Wildman–Crippen MR) is 125 cm³/mol. The molecule has 1 atom stereocenters. The van der Waals surface area contributed by atoms with Crippen molar-refractivity contribution in [2.24, 2.45) is 11.8 Å². The molecule has 0 spiro atoms. The van der Waals surface area contributed by atoms with Crippen LogP contribution >= 0.6 is 0 Å².